The van der Waals surface area contributed by atoms with Crippen LogP contribution in [-0.4, -0.2) is 12.5 Å². The fraction of sp³-hybridized carbons (Fsp3) is 0.357. The van der Waals surface area contributed by atoms with Crippen molar-refractivity contribution < 1.29 is 9.53 Å². The zero-order valence-corrected chi connectivity index (χ0v) is 9.76. The van der Waals surface area contributed by atoms with E-state index in [0.717, 1.165) is 25.0 Å². The van der Waals surface area contributed by atoms with Gasteiger partial charge >= 0.3 is 0 Å². The summed E-state index contributed by atoms with van der Waals surface area (Å²) in [6.07, 6.45) is 3.72. The number of benzene rings is 1. The van der Waals surface area contributed by atoms with E-state index in [1.165, 1.54) is 5.56 Å². The molecule has 1 aromatic rings. The van der Waals surface area contributed by atoms with Gasteiger partial charge in [0.05, 0.1) is 6.61 Å². The van der Waals surface area contributed by atoms with Gasteiger partial charge < -0.3 is 10.5 Å². The molecule has 0 bridgehead atoms. The molecule has 2 rings (SSSR count). The molecule has 90 valence electrons. The van der Waals surface area contributed by atoms with Crippen LogP contribution in [0.5, 0.6) is 0 Å². The van der Waals surface area contributed by atoms with E-state index < -0.39 is 0 Å². The van der Waals surface area contributed by atoms with Gasteiger partial charge in [-0.3, -0.25) is 4.79 Å². The third-order valence-electron chi connectivity index (χ3n) is 2.98. The minimum absolute atomic E-state index is 0.286. The molecule has 3 heteroatoms. The summed E-state index contributed by atoms with van der Waals surface area (Å²) < 4.78 is 5.58. The van der Waals surface area contributed by atoms with Gasteiger partial charge in [-0.25, -0.2) is 0 Å². The van der Waals surface area contributed by atoms with Crippen molar-refractivity contribution in [3.05, 3.63) is 47.5 Å². The number of hydrogen-bond acceptors (Lipinski definition) is 2. The second kappa shape index (κ2) is 5.64. The van der Waals surface area contributed by atoms with Crippen LogP contribution < -0.4 is 5.73 Å². The first kappa shape index (κ1) is 11.9. The summed E-state index contributed by atoms with van der Waals surface area (Å²) in [5, 5.41) is 0. The van der Waals surface area contributed by atoms with Crippen molar-refractivity contribution >= 4 is 5.91 Å². The van der Waals surface area contributed by atoms with Gasteiger partial charge in [0.1, 0.15) is 0 Å². The number of carbonyl (C=O) groups is 1. The number of amides is 1. The van der Waals surface area contributed by atoms with Crippen molar-refractivity contribution in [2.45, 2.75) is 19.4 Å². The van der Waals surface area contributed by atoms with Gasteiger partial charge in [0.15, 0.2) is 0 Å². The Bertz CT molecular complexity index is 411. The molecule has 1 aliphatic rings. The molecule has 0 radical (unpaired) electrons. The molecule has 1 amide bonds. The average Bonchev–Trinajstić information content (AvgIpc) is 2.27. The Balaban J connectivity index is 1.61. The van der Waals surface area contributed by atoms with Gasteiger partial charge in [-0.1, -0.05) is 36.4 Å². The van der Waals surface area contributed by atoms with Crippen LogP contribution in [0, 0.1) is 5.92 Å². The fourth-order valence-corrected chi connectivity index (χ4v) is 1.90. The molecule has 0 heterocycles. The van der Waals surface area contributed by atoms with Gasteiger partial charge in [0, 0.05) is 12.2 Å². The first-order valence-electron chi connectivity index (χ1n) is 5.88. The highest BCUT2D eigenvalue weighted by atomic mass is 16.5. The number of carbonyl (C=O) groups excluding carboxylic acids is 1. The molecule has 0 aromatic heterocycles. The first-order chi connectivity index (χ1) is 8.25. The number of hydrogen-bond donors (Lipinski definition) is 1. The number of allylic oxidation sites excluding steroid dienone is 1. The molecule has 1 atom stereocenters. The summed E-state index contributed by atoms with van der Waals surface area (Å²) in [6, 6.07) is 10.1. The highest BCUT2D eigenvalue weighted by Gasteiger charge is 2.21. The van der Waals surface area contributed by atoms with Gasteiger partial charge in [-0.2, -0.15) is 0 Å². The number of nitrogens with two attached hydrogens (primary N) is 1. The van der Waals surface area contributed by atoms with Crippen molar-refractivity contribution in [1.82, 2.24) is 0 Å². The third-order valence-corrected chi connectivity index (χ3v) is 2.98. The van der Waals surface area contributed by atoms with E-state index in [9.17, 15) is 4.79 Å². The molecule has 0 saturated heterocycles. The molecule has 1 aromatic carbocycles. The van der Waals surface area contributed by atoms with E-state index in [1.54, 1.807) is 0 Å². The predicted octanol–water partition coefficient (Wildman–Crippen LogP) is 2.02. The molecule has 1 aliphatic carbocycles. The highest BCUT2D eigenvalue weighted by Crippen LogP contribution is 2.28. The summed E-state index contributed by atoms with van der Waals surface area (Å²) in [5.41, 5.74) is 7.10. The number of ether oxygens (including phenoxy) is 1. The van der Waals surface area contributed by atoms with E-state index in [2.05, 4.69) is 12.1 Å². The van der Waals surface area contributed by atoms with Crippen molar-refractivity contribution in [1.29, 1.82) is 0 Å². The Morgan fingerprint density at radius 1 is 1.35 bits per heavy atom. The smallest absolute Gasteiger partial charge is 0.244 e. The van der Waals surface area contributed by atoms with E-state index >= 15 is 0 Å². The van der Waals surface area contributed by atoms with Crippen molar-refractivity contribution in [2.24, 2.45) is 11.7 Å². The summed E-state index contributed by atoms with van der Waals surface area (Å²) in [5.74, 6) is 0.180. The maximum atomic E-state index is 10.8. The monoisotopic (exact) mass is 231 g/mol. The summed E-state index contributed by atoms with van der Waals surface area (Å²) in [7, 11) is 0. The molecule has 0 saturated carbocycles. The van der Waals surface area contributed by atoms with Gasteiger partial charge in [0.2, 0.25) is 5.91 Å². The van der Waals surface area contributed by atoms with Gasteiger partial charge in [-0.05, 0) is 24.3 Å². The Morgan fingerprint density at radius 2 is 2.06 bits per heavy atom. The summed E-state index contributed by atoms with van der Waals surface area (Å²) in [6.45, 7) is 1.38. The van der Waals surface area contributed by atoms with E-state index in [0.29, 0.717) is 12.5 Å². The zero-order valence-electron chi connectivity index (χ0n) is 9.76. The number of primary amides is 1. The van der Waals surface area contributed by atoms with Crippen LogP contribution in [0.1, 0.15) is 18.4 Å². The zero-order chi connectivity index (χ0) is 12.1. The van der Waals surface area contributed by atoms with Crippen molar-refractivity contribution in [3.63, 3.8) is 0 Å². The maximum Gasteiger partial charge on any atom is 0.244 e. The minimum Gasteiger partial charge on any atom is -0.377 e. The van der Waals surface area contributed by atoms with Gasteiger partial charge in [0.25, 0.3) is 0 Å². The Kier molecular flexibility index (Phi) is 3.94. The molecule has 3 nitrogen and oxygen atoms in total. The fourth-order valence-electron chi connectivity index (χ4n) is 1.90. The maximum absolute atomic E-state index is 10.8. The quantitative estimate of drug-likeness (QED) is 0.761. The number of rotatable bonds is 6. The minimum atomic E-state index is -0.286. The van der Waals surface area contributed by atoms with Crippen LogP contribution in [0.15, 0.2) is 42.0 Å². The lowest BCUT2D eigenvalue weighted by molar-refractivity contribution is -0.115. The van der Waals surface area contributed by atoms with Crippen molar-refractivity contribution in [3.8, 4) is 0 Å². The summed E-state index contributed by atoms with van der Waals surface area (Å²) in [4.78, 5) is 10.8. The van der Waals surface area contributed by atoms with Crippen LogP contribution in [0.4, 0.5) is 0 Å². The average molecular weight is 231 g/mol. The normalized spacial score (nSPS) is 18.4. The third kappa shape index (κ3) is 3.43. The van der Waals surface area contributed by atoms with E-state index in [-0.39, 0.29) is 5.91 Å². The van der Waals surface area contributed by atoms with Crippen LogP contribution in [-0.2, 0) is 16.1 Å². The molecule has 1 unspecified atom stereocenters. The Labute approximate surface area is 101 Å². The summed E-state index contributed by atoms with van der Waals surface area (Å²) >= 11 is 0. The first-order valence-corrected chi connectivity index (χ1v) is 5.88. The van der Waals surface area contributed by atoms with Crippen LogP contribution in [0.2, 0.25) is 0 Å². The van der Waals surface area contributed by atoms with E-state index in [4.69, 9.17) is 10.5 Å². The van der Waals surface area contributed by atoms with Crippen LogP contribution >= 0.6 is 0 Å². The highest BCUT2D eigenvalue weighted by molar-refractivity contribution is 5.93. The van der Waals surface area contributed by atoms with Gasteiger partial charge in [-0.15, -0.1) is 0 Å². The van der Waals surface area contributed by atoms with Crippen LogP contribution in [0.25, 0.3) is 0 Å². The lowest BCUT2D eigenvalue weighted by Gasteiger charge is -2.23. The largest absolute Gasteiger partial charge is 0.377 e. The Morgan fingerprint density at radius 3 is 2.71 bits per heavy atom. The second-order valence-corrected chi connectivity index (χ2v) is 4.35. The molecule has 0 aliphatic heterocycles. The van der Waals surface area contributed by atoms with E-state index in [1.807, 2.05) is 24.3 Å². The molecule has 0 fully saturated rings. The predicted molar refractivity (Wildman–Crippen MR) is 66.1 cm³/mol. The molecular formula is C14H17NO2. The molecular weight excluding hydrogens is 214 g/mol. The second-order valence-electron chi connectivity index (χ2n) is 4.35. The SMILES string of the molecule is NC(=O)C1=CC(CCOCc2ccccc2)C1. The van der Waals surface area contributed by atoms with Crippen molar-refractivity contribution in [2.75, 3.05) is 6.61 Å². The lowest BCUT2D eigenvalue weighted by Crippen LogP contribution is -2.23. The molecule has 0 spiro atoms. The molecule has 17 heavy (non-hydrogen) atoms. The standard InChI is InChI=1S/C14H17NO2/c15-14(16)13-8-12(9-13)6-7-17-10-11-4-2-1-3-5-11/h1-5,8,12H,6-7,9-10H2,(H2,15,16). The molecule has 2 N–H and O–H groups in total. The van der Waals surface area contributed by atoms with Crippen LogP contribution in [0.3, 0.4) is 0 Å². The topological polar surface area (TPSA) is 52.3 Å². The Hall–Kier alpha value is -1.61. The lowest BCUT2D eigenvalue weighted by atomic mass is 9.84.